The molecule has 2 unspecified atom stereocenters. The molecule has 4 fully saturated rings. The fraction of sp³-hybridized carbons (Fsp3) is 0.914. The summed E-state index contributed by atoms with van der Waals surface area (Å²) in [7, 11) is 0. The number of hydroxylamine groups is 6. The summed E-state index contributed by atoms with van der Waals surface area (Å²) in [5, 5.41) is 32.4. The number of esters is 3. The first-order valence-electron chi connectivity index (χ1n) is 17.3. The van der Waals surface area contributed by atoms with Gasteiger partial charge in [-0.3, -0.25) is 14.4 Å². The number of piperidine rings is 3. The average Bonchev–Trinajstić information content (AvgIpc) is 3.27. The van der Waals surface area contributed by atoms with E-state index < -0.39 is 75.3 Å². The van der Waals surface area contributed by atoms with E-state index in [0.29, 0.717) is 51.4 Å². The third-order valence-electron chi connectivity index (χ3n) is 11.3. The highest BCUT2D eigenvalue weighted by molar-refractivity contribution is 5.75. The minimum absolute atomic E-state index is 0.374. The van der Waals surface area contributed by atoms with E-state index in [1.165, 1.54) is 5.06 Å². The zero-order valence-corrected chi connectivity index (χ0v) is 30.9. The van der Waals surface area contributed by atoms with Gasteiger partial charge in [-0.1, -0.05) is 10.1 Å². The second kappa shape index (κ2) is 12.5. The molecule has 4 rings (SSSR count). The molecule has 0 aromatic heterocycles. The maximum Gasteiger partial charge on any atom is 0.309 e. The zero-order valence-electron chi connectivity index (χ0n) is 30.9. The van der Waals surface area contributed by atoms with Gasteiger partial charge in [-0.25, -0.2) is 0 Å². The Balaban J connectivity index is 1.55. The van der Waals surface area contributed by atoms with Gasteiger partial charge in [-0.2, -0.15) is 5.06 Å². The number of hydrogen-bond acceptors (Lipinski definition) is 10. The lowest BCUT2D eigenvalue weighted by Crippen LogP contribution is -2.60. The van der Waals surface area contributed by atoms with Crippen LogP contribution in [0.4, 0.5) is 0 Å². The second-order valence-corrected chi connectivity index (χ2v) is 18.6. The lowest BCUT2D eigenvalue weighted by molar-refractivity contribution is -0.255. The van der Waals surface area contributed by atoms with Crippen molar-refractivity contribution in [1.29, 1.82) is 0 Å². The van der Waals surface area contributed by atoms with Crippen LogP contribution in [0.5, 0.6) is 0 Å². The third-order valence-corrected chi connectivity index (χ3v) is 11.3. The van der Waals surface area contributed by atoms with Crippen LogP contribution >= 0.6 is 0 Å². The lowest BCUT2D eigenvalue weighted by Gasteiger charge is -2.50. The molecule has 0 spiro atoms. The smallest absolute Gasteiger partial charge is 0.309 e. The van der Waals surface area contributed by atoms with E-state index in [4.69, 9.17) is 24.6 Å². The summed E-state index contributed by atoms with van der Waals surface area (Å²) in [5.41, 5.74) is -3.50. The molecule has 1 aliphatic carbocycles. The van der Waals surface area contributed by atoms with Crippen molar-refractivity contribution < 1.29 is 44.2 Å². The molecule has 270 valence electrons. The first-order valence-corrected chi connectivity index (χ1v) is 17.3. The van der Waals surface area contributed by atoms with Gasteiger partial charge in [-0.05, 0) is 134 Å². The molecule has 0 aromatic carbocycles. The van der Waals surface area contributed by atoms with Crippen LogP contribution in [0.25, 0.3) is 0 Å². The largest absolute Gasteiger partial charge is 0.458 e. The summed E-state index contributed by atoms with van der Waals surface area (Å²) in [4.78, 5) is 41.3. The number of carbonyl (C=O) groups excluding carboxylic acids is 3. The molecule has 5 N–H and O–H groups in total. The van der Waals surface area contributed by atoms with Gasteiger partial charge < -0.3 is 29.8 Å². The monoisotopic (exact) mass is 669 g/mol. The molecule has 2 atom stereocenters. The van der Waals surface area contributed by atoms with Crippen LogP contribution in [-0.2, 0) is 28.6 Å². The van der Waals surface area contributed by atoms with E-state index in [-0.39, 0.29) is 11.9 Å². The number of rotatable bonds is 6. The Hall–Kier alpha value is -1.83. The maximum absolute atomic E-state index is 13.9. The summed E-state index contributed by atoms with van der Waals surface area (Å²) in [5.74, 6) is -2.62. The Morgan fingerprint density at radius 3 is 1.06 bits per heavy atom. The topological polar surface area (TPSA) is 155 Å². The lowest BCUT2D eigenvalue weighted by atomic mass is 9.75. The van der Waals surface area contributed by atoms with Gasteiger partial charge in [0.1, 0.15) is 12.2 Å². The fourth-order valence-electron chi connectivity index (χ4n) is 9.35. The number of carbonyl (C=O) groups is 3. The highest BCUT2D eigenvalue weighted by Crippen LogP contribution is 2.44. The minimum Gasteiger partial charge on any atom is -0.458 e. The molecule has 4 aliphatic rings. The molecule has 0 bridgehead atoms. The molecule has 12 heteroatoms. The highest BCUT2D eigenvalue weighted by Gasteiger charge is 2.55. The normalized spacial score (nSPS) is 32.9. The summed E-state index contributed by atoms with van der Waals surface area (Å²) in [6.45, 7) is 23.1. The van der Waals surface area contributed by atoms with Crippen LogP contribution in [0, 0.1) is 17.8 Å². The maximum atomic E-state index is 13.9. The average molecular weight is 670 g/mol. The Morgan fingerprint density at radius 2 is 0.766 bits per heavy atom. The van der Waals surface area contributed by atoms with E-state index in [9.17, 15) is 19.6 Å². The van der Waals surface area contributed by atoms with Crippen molar-refractivity contribution in [3.63, 3.8) is 0 Å². The van der Waals surface area contributed by atoms with Crippen molar-refractivity contribution >= 4 is 17.9 Å². The van der Waals surface area contributed by atoms with Crippen molar-refractivity contribution in [2.75, 3.05) is 0 Å². The third kappa shape index (κ3) is 7.67. The van der Waals surface area contributed by atoms with Gasteiger partial charge in [0.25, 0.3) is 0 Å². The van der Waals surface area contributed by atoms with E-state index in [2.05, 4.69) is 0 Å². The molecule has 3 aliphatic heterocycles. The second-order valence-electron chi connectivity index (χ2n) is 18.6. The predicted molar refractivity (Wildman–Crippen MR) is 176 cm³/mol. The molecule has 3 saturated heterocycles. The van der Waals surface area contributed by atoms with Crippen LogP contribution in [0.15, 0.2) is 0 Å². The Kier molecular flexibility index (Phi) is 10.1. The van der Waals surface area contributed by atoms with Crippen molar-refractivity contribution in [3.05, 3.63) is 0 Å². The minimum atomic E-state index is -0.969. The van der Waals surface area contributed by atoms with E-state index in [1.807, 2.05) is 83.1 Å². The summed E-state index contributed by atoms with van der Waals surface area (Å²) >= 11 is 0. The van der Waals surface area contributed by atoms with Crippen LogP contribution in [-0.4, -0.2) is 100 Å². The van der Waals surface area contributed by atoms with Crippen molar-refractivity contribution in [1.82, 2.24) is 15.2 Å². The summed E-state index contributed by atoms with van der Waals surface area (Å²) in [6, 6.07) is 0. The zero-order chi connectivity index (χ0) is 35.7. The van der Waals surface area contributed by atoms with Crippen molar-refractivity contribution in [3.8, 4) is 0 Å². The number of hydrogen-bond donors (Lipinski definition) is 1. The molecule has 0 amide bonds. The Bertz CT molecular complexity index is 1090. The van der Waals surface area contributed by atoms with Crippen LogP contribution in [0.3, 0.4) is 0 Å². The molecule has 0 aromatic rings. The van der Waals surface area contributed by atoms with Crippen LogP contribution in [0.2, 0.25) is 0 Å². The van der Waals surface area contributed by atoms with Gasteiger partial charge in [0.2, 0.25) is 0 Å². The van der Waals surface area contributed by atoms with E-state index in [0.717, 1.165) is 0 Å². The Labute approximate surface area is 280 Å². The molecule has 12 nitrogen and oxygen atoms in total. The molecular weight excluding hydrogens is 606 g/mol. The summed E-state index contributed by atoms with van der Waals surface area (Å²) in [6.07, 6.45) is 0.785. The molecule has 3 heterocycles. The quantitative estimate of drug-likeness (QED) is 0.249. The van der Waals surface area contributed by atoms with Crippen molar-refractivity contribution in [2.45, 2.75) is 186 Å². The molecule has 47 heavy (non-hydrogen) atoms. The highest BCUT2D eigenvalue weighted by atomic mass is 16.6. The summed E-state index contributed by atoms with van der Waals surface area (Å²) < 4.78 is 18.5. The van der Waals surface area contributed by atoms with Crippen molar-refractivity contribution in [2.24, 2.45) is 17.8 Å². The van der Waals surface area contributed by atoms with Crippen LogP contribution in [0.1, 0.15) is 134 Å². The first-order chi connectivity index (χ1) is 21.2. The molecular formula is C35H63N3O9+2. The van der Waals surface area contributed by atoms with Gasteiger partial charge >= 0.3 is 17.9 Å². The number of nitrogens with zero attached hydrogens (tertiary/aromatic N) is 3. The van der Waals surface area contributed by atoms with E-state index >= 15 is 0 Å². The first kappa shape index (κ1) is 38.0. The van der Waals surface area contributed by atoms with Gasteiger partial charge in [0, 0.05) is 11.1 Å². The van der Waals surface area contributed by atoms with Gasteiger partial charge in [-0.15, -0.1) is 0 Å². The van der Waals surface area contributed by atoms with Gasteiger partial charge in [0.05, 0.1) is 39.9 Å². The standard InChI is InChI=1S/C35H61N3O9/c1-30(2)15-21(16-31(3,4)36(30)42)27(39)45-24-13-14-25(46-28(40)22-17-32(5,6)37(43)33(7,8)18-22)26(24)47-29(41)23-19-34(9,10)38(44)35(11,12)20-23/h21-26,42-44H,13-20H2,1-12H3/p+2. The SMILES string of the molecule is CC1(C)CC(C(=O)OC2C(OC(=O)C3CC(C)(C)N([OH2+])C(C)(C)C3)CCC2OC(=O)C2CC(C)(C)N([OH2+])C(C)(C)C2)CC(C)(C)N1O. The Morgan fingerprint density at radius 1 is 0.511 bits per heavy atom. The molecule has 1 saturated carbocycles. The fourth-order valence-corrected chi connectivity index (χ4v) is 9.35. The molecule has 0 radical (unpaired) electrons. The predicted octanol–water partition coefficient (Wildman–Crippen LogP) is 3.99. The van der Waals surface area contributed by atoms with E-state index in [1.54, 1.807) is 10.1 Å². The van der Waals surface area contributed by atoms with Crippen LogP contribution < -0.4 is 0 Å². The number of ether oxygens (including phenoxy) is 3. The van der Waals surface area contributed by atoms with Gasteiger partial charge in [0.15, 0.2) is 6.10 Å².